The fourth-order valence-electron chi connectivity index (χ4n) is 0.692. The van der Waals surface area contributed by atoms with Crippen molar-refractivity contribution in [1.82, 2.24) is 0 Å². The maximum absolute atomic E-state index is 10.4. The summed E-state index contributed by atoms with van der Waals surface area (Å²) in [5.74, 6) is -0.635. The summed E-state index contributed by atoms with van der Waals surface area (Å²) in [6, 6.07) is 0. The first-order valence-corrected chi connectivity index (χ1v) is 4.20. The van der Waals surface area contributed by atoms with E-state index in [2.05, 4.69) is 13.2 Å². The molecule has 0 rings (SSSR count). The summed E-state index contributed by atoms with van der Waals surface area (Å²) in [4.78, 5) is 10.4. The largest absolute Gasteiger partial charge is 0.489 e. The van der Waals surface area contributed by atoms with Crippen molar-refractivity contribution in [1.29, 1.82) is 0 Å². The molecule has 0 atom stereocenters. The smallest absolute Gasteiger partial charge is 0.335 e. The molecule has 78 valence electrons. The minimum atomic E-state index is -1.05. The first-order chi connectivity index (χ1) is 6.22. The average molecular weight is 196 g/mol. The topological polar surface area (TPSA) is 46.5 Å². The van der Waals surface area contributed by atoms with Gasteiger partial charge in [0.05, 0.1) is 5.57 Å². The Bertz CT molecular complexity index is 279. The molecule has 0 aromatic carbocycles. The molecule has 0 amide bonds. The molecule has 0 aromatic rings. The lowest BCUT2D eigenvalue weighted by molar-refractivity contribution is -0.132. The lowest BCUT2D eigenvalue weighted by Gasteiger charge is -2.21. The minimum Gasteiger partial charge on any atom is -0.489 e. The molecular formula is C11H16O3. The molecule has 0 saturated carbocycles. The standard InChI is InChI=1S/C11H16O3/c1-8(10(12)13)6-7-9(2)14-11(3,4)5/h6-7H,1-2H2,3-5H3,(H,12,13)/b7-6-. The van der Waals surface area contributed by atoms with Crippen molar-refractivity contribution in [2.24, 2.45) is 0 Å². The molecular weight excluding hydrogens is 180 g/mol. The fourth-order valence-corrected chi connectivity index (χ4v) is 0.692. The maximum Gasteiger partial charge on any atom is 0.335 e. The van der Waals surface area contributed by atoms with Crippen molar-refractivity contribution in [3.8, 4) is 0 Å². The molecule has 0 aliphatic carbocycles. The monoisotopic (exact) mass is 196 g/mol. The molecule has 0 unspecified atom stereocenters. The number of carboxylic acid groups (broad SMARTS) is 1. The first-order valence-electron chi connectivity index (χ1n) is 4.20. The highest BCUT2D eigenvalue weighted by atomic mass is 16.5. The summed E-state index contributed by atoms with van der Waals surface area (Å²) in [6.07, 6.45) is 2.85. The summed E-state index contributed by atoms with van der Waals surface area (Å²) in [6.45, 7) is 12.6. The molecule has 3 heteroatoms. The van der Waals surface area contributed by atoms with Crippen molar-refractivity contribution in [2.45, 2.75) is 26.4 Å². The molecule has 0 fully saturated rings. The Hall–Kier alpha value is -1.51. The Kier molecular flexibility index (Phi) is 4.15. The third kappa shape index (κ3) is 6.06. The number of hydrogen-bond donors (Lipinski definition) is 1. The number of allylic oxidation sites excluding steroid dienone is 1. The molecule has 0 bridgehead atoms. The summed E-state index contributed by atoms with van der Waals surface area (Å²) in [5.41, 5.74) is -0.324. The van der Waals surface area contributed by atoms with Crippen molar-refractivity contribution in [3.63, 3.8) is 0 Å². The van der Waals surface area contributed by atoms with E-state index in [0.29, 0.717) is 5.76 Å². The molecule has 0 aliphatic heterocycles. The second-order valence-corrected chi connectivity index (χ2v) is 3.84. The van der Waals surface area contributed by atoms with Gasteiger partial charge in [-0.15, -0.1) is 0 Å². The molecule has 0 saturated heterocycles. The van der Waals surface area contributed by atoms with Gasteiger partial charge in [-0.05, 0) is 32.9 Å². The van der Waals surface area contributed by atoms with Gasteiger partial charge < -0.3 is 9.84 Å². The van der Waals surface area contributed by atoms with E-state index in [1.807, 2.05) is 20.8 Å². The van der Waals surface area contributed by atoms with Crippen LogP contribution >= 0.6 is 0 Å². The predicted molar refractivity (Wildman–Crippen MR) is 55.9 cm³/mol. The van der Waals surface area contributed by atoms with Crippen LogP contribution in [0.25, 0.3) is 0 Å². The van der Waals surface area contributed by atoms with E-state index in [0.717, 1.165) is 0 Å². The van der Waals surface area contributed by atoms with E-state index >= 15 is 0 Å². The first kappa shape index (κ1) is 12.5. The number of hydrogen-bond acceptors (Lipinski definition) is 2. The van der Waals surface area contributed by atoms with Gasteiger partial charge in [0.1, 0.15) is 11.4 Å². The highest BCUT2D eigenvalue weighted by Crippen LogP contribution is 2.13. The van der Waals surface area contributed by atoms with Gasteiger partial charge in [-0.1, -0.05) is 13.2 Å². The van der Waals surface area contributed by atoms with Crippen LogP contribution in [0.3, 0.4) is 0 Å². The van der Waals surface area contributed by atoms with E-state index < -0.39 is 5.97 Å². The number of carboxylic acids is 1. The third-order valence-corrected chi connectivity index (χ3v) is 1.18. The van der Waals surface area contributed by atoms with Crippen LogP contribution in [0.1, 0.15) is 20.8 Å². The molecule has 0 radical (unpaired) electrons. The van der Waals surface area contributed by atoms with Crippen molar-refractivity contribution in [3.05, 3.63) is 36.6 Å². The lowest BCUT2D eigenvalue weighted by atomic mass is 10.2. The van der Waals surface area contributed by atoms with Crippen LogP contribution in [0.5, 0.6) is 0 Å². The van der Waals surface area contributed by atoms with E-state index in [4.69, 9.17) is 9.84 Å². The van der Waals surface area contributed by atoms with Gasteiger partial charge in [-0.2, -0.15) is 0 Å². The van der Waals surface area contributed by atoms with Crippen molar-refractivity contribution < 1.29 is 14.6 Å². The third-order valence-electron chi connectivity index (χ3n) is 1.18. The fraction of sp³-hybridized carbons (Fsp3) is 0.364. The van der Waals surface area contributed by atoms with Crippen molar-refractivity contribution >= 4 is 5.97 Å². The van der Waals surface area contributed by atoms with Crippen LogP contribution in [-0.4, -0.2) is 16.7 Å². The quantitative estimate of drug-likeness (QED) is 0.427. The second-order valence-electron chi connectivity index (χ2n) is 3.84. The summed E-state index contributed by atoms with van der Waals surface area (Å²) < 4.78 is 5.35. The van der Waals surface area contributed by atoms with E-state index in [1.165, 1.54) is 12.2 Å². The van der Waals surface area contributed by atoms with E-state index in [1.54, 1.807) is 0 Å². The summed E-state index contributed by atoms with van der Waals surface area (Å²) in [5, 5.41) is 8.51. The Balaban J connectivity index is 4.21. The Morgan fingerprint density at radius 2 is 1.79 bits per heavy atom. The number of aliphatic carboxylic acids is 1. The lowest BCUT2D eigenvalue weighted by Crippen LogP contribution is -2.17. The van der Waals surface area contributed by atoms with Gasteiger partial charge in [0.2, 0.25) is 0 Å². The highest BCUT2D eigenvalue weighted by Gasteiger charge is 2.10. The number of rotatable bonds is 4. The molecule has 1 N–H and O–H groups in total. The SMILES string of the molecule is C=C(/C=C\C(=C)C(=O)O)OC(C)(C)C. The Morgan fingerprint density at radius 1 is 1.29 bits per heavy atom. The molecule has 0 aromatic heterocycles. The van der Waals surface area contributed by atoms with Crippen LogP contribution < -0.4 is 0 Å². The summed E-state index contributed by atoms with van der Waals surface area (Å²) >= 11 is 0. The maximum atomic E-state index is 10.4. The van der Waals surface area contributed by atoms with Crippen molar-refractivity contribution in [2.75, 3.05) is 0 Å². The normalized spacial score (nSPS) is 11.4. The Morgan fingerprint density at radius 3 is 2.14 bits per heavy atom. The number of ether oxygens (including phenoxy) is 1. The highest BCUT2D eigenvalue weighted by molar-refractivity contribution is 5.89. The van der Waals surface area contributed by atoms with Crippen LogP contribution in [-0.2, 0) is 9.53 Å². The minimum absolute atomic E-state index is 0.00339. The molecule has 14 heavy (non-hydrogen) atoms. The summed E-state index contributed by atoms with van der Waals surface area (Å²) in [7, 11) is 0. The van der Waals surface area contributed by atoms with Crippen LogP contribution in [0.2, 0.25) is 0 Å². The van der Waals surface area contributed by atoms with Gasteiger partial charge in [0.15, 0.2) is 0 Å². The average Bonchev–Trinajstić information content (AvgIpc) is 1.96. The zero-order chi connectivity index (χ0) is 11.4. The zero-order valence-corrected chi connectivity index (χ0v) is 8.83. The molecule has 0 heterocycles. The predicted octanol–water partition coefficient (Wildman–Crippen LogP) is 2.51. The zero-order valence-electron chi connectivity index (χ0n) is 8.83. The second kappa shape index (κ2) is 4.65. The van der Waals surface area contributed by atoms with Gasteiger partial charge in [0, 0.05) is 0 Å². The molecule has 0 spiro atoms. The van der Waals surface area contributed by atoms with Gasteiger partial charge in [0.25, 0.3) is 0 Å². The van der Waals surface area contributed by atoms with Crippen LogP contribution in [0, 0.1) is 0 Å². The van der Waals surface area contributed by atoms with Gasteiger partial charge in [-0.3, -0.25) is 0 Å². The Labute approximate surface area is 84.4 Å². The van der Waals surface area contributed by atoms with E-state index in [-0.39, 0.29) is 11.2 Å². The van der Waals surface area contributed by atoms with Gasteiger partial charge >= 0.3 is 5.97 Å². The van der Waals surface area contributed by atoms with Crippen LogP contribution in [0.4, 0.5) is 0 Å². The van der Waals surface area contributed by atoms with Gasteiger partial charge in [-0.25, -0.2) is 4.79 Å². The van der Waals surface area contributed by atoms with E-state index in [9.17, 15) is 4.79 Å². The molecule has 0 aliphatic rings. The number of carbonyl (C=O) groups is 1. The molecule has 3 nitrogen and oxygen atoms in total. The van der Waals surface area contributed by atoms with Crippen LogP contribution in [0.15, 0.2) is 36.6 Å².